The molecule has 0 aliphatic heterocycles. The maximum atomic E-state index is 10.9. The average molecular weight is 209 g/mol. The first-order chi connectivity index (χ1) is 7.11. The summed E-state index contributed by atoms with van der Waals surface area (Å²) in [6.45, 7) is -0.383. The van der Waals surface area contributed by atoms with E-state index in [1.165, 1.54) is 0 Å². The van der Waals surface area contributed by atoms with Gasteiger partial charge in [-0.25, -0.2) is 0 Å². The van der Waals surface area contributed by atoms with Crippen LogP contribution in [-0.2, 0) is 9.59 Å². The van der Waals surface area contributed by atoms with E-state index in [4.69, 9.17) is 10.2 Å². The van der Waals surface area contributed by atoms with Gasteiger partial charge in [0, 0.05) is 0 Å². The number of carboxylic acids is 2. The highest BCUT2D eigenvalue weighted by Gasteiger charge is 2.19. The van der Waals surface area contributed by atoms with E-state index in [2.05, 4.69) is 5.32 Å². The molecule has 0 aliphatic carbocycles. The highest BCUT2D eigenvalue weighted by molar-refractivity contribution is 5.77. The molecule has 15 heavy (non-hydrogen) atoms. The molecule has 5 heteroatoms. The summed E-state index contributed by atoms with van der Waals surface area (Å²) in [6, 6.07) is 7.45. The lowest BCUT2D eigenvalue weighted by atomic mass is 10.1. The van der Waals surface area contributed by atoms with Crippen molar-refractivity contribution in [3.8, 4) is 0 Å². The zero-order valence-electron chi connectivity index (χ0n) is 7.88. The molecule has 0 aromatic heterocycles. The topological polar surface area (TPSA) is 86.6 Å². The Morgan fingerprint density at radius 2 is 1.80 bits per heavy atom. The van der Waals surface area contributed by atoms with Crippen LogP contribution in [0.5, 0.6) is 0 Å². The highest BCUT2D eigenvalue weighted by atomic mass is 16.4. The van der Waals surface area contributed by atoms with Crippen molar-refractivity contribution >= 4 is 11.9 Å². The molecule has 0 saturated heterocycles. The molecular formula is C10H11NO4. The molecule has 1 atom stereocenters. The summed E-state index contributed by atoms with van der Waals surface area (Å²) in [4.78, 5) is 21.2. The van der Waals surface area contributed by atoms with Gasteiger partial charge in [-0.05, 0) is 5.56 Å². The minimum atomic E-state index is -1.09. The molecule has 1 unspecified atom stereocenters. The van der Waals surface area contributed by atoms with Gasteiger partial charge in [0.05, 0.1) is 6.54 Å². The number of carboxylic acid groups (broad SMARTS) is 2. The molecule has 0 heterocycles. The Balaban J connectivity index is 2.75. The first kappa shape index (κ1) is 11.2. The summed E-state index contributed by atoms with van der Waals surface area (Å²) >= 11 is 0. The lowest BCUT2D eigenvalue weighted by molar-refractivity contribution is -0.140. The van der Waals surface area contributed by atoms with Crippen LogP contribution >= 0.6 is 0 Å². The second-order valence-electron chi connectivity index (χ2n) is 2.96. The van der Waals surface area contributed by atoms with Gasteiger partial charge >= 0.3 is 11.9 Å². The van der Waals surface area contributed by atoms with Crippen LogP contribution in [0, 0.1) is 0 Å². The van der Waals surface area contributed by atoms with Crippen molar-refractivity contribution in [2.75, 3.05) is 6.54 Å². The standard InChI is InChI=1S/C10H11NO4/c12-8(13)6-11-9(10(14)15)7-4-2-1-3-5-7/h1-5,9,11H,6H2,(H,12,13)(H,14,15). The van der Waals surface area contributed by atoms with Gasteiger partial charge in [0.2, 0.25) is 0 Å². The smallest absolute Gasteiger partial charge is 0.325 e. The Kier molecular flexibility index (Phi) is 3.82. The van der Waals surface area contributed by atoms with E-state index >= 15 is 0 Å². The quantitative estimate of drug-likeness (QED) is 0.656. The first-order valence-corrected chi connectivity index (χ1v) is 4.34. The summed E-state index contributed by atoms with van der Waals surface area (Å²) in [5, 5.41) is 19.8. The van der Waals surface area contributed by atoms with Crippen molar-refractivity contribution in [3.05, 3.63) is 35.9 Å². The van der Waals surface area contributed by atoms with Crippen molar-refractivity contribution in [1.29, 1.82) is 0 Å². The van der Waals surface area contributed by atoms with E-state index in [9.17, 15) is 9.59 Å². The van der Waals surface area contributed by atoms with Crippen molar-refractivity contribution in [1.82, 2.24) is 5.32 Å². The average Bonchev–Trinajstić information content (AvgIpc) is 2.18. The molecule has 1 aromatic carbocycles. The third-order valence-electron chi connectivity index (χ3n) is 1.84. The Morgan fingerprint density at radius 1 is 1.20 bits per heavy atom. The molecule has 80 valence electrons. The van der Waals surface area contributed by atoms with Crippen LogP contribution in [0.25, 0.3) is 0 Å². The first-order valence-electron chi connectivity index (χ1n) is 4.34. The monoisotopic (exact) mass is 209 g/mol. The summed E-state index contributed by atoms with van der Waals surface area (Å²) in [6.07, 6.45) is 0. The van der Waals surface area contributed by atoms with Crippen LogP contribution in [-0.4, -0.2) is 28.7 Å². The van der Waals surface area contributed by atoms with Crippen molar-refractivity contribution < 1.29 is 19.8 Å². The van der Waals surface area contributed by atoms with Crippen LogP contribution in [0.1, 0.15) is 11.6 Å². The molecule has 1 rings (SSSR count). The van der Waals surface area contributed by atoms with Crippen LogP contribution in [0.2, 0.25) is 0 Å². The molecule has 5 nitrogen and oxygen atoms in total. The van der Waals surface area contributed by atoms with Gasteiger partial charge in [-0.1, -0.05) is 30.3 Å². The van der Waals surface area contributed by atoms with Gasteiger partial charge in [-0.2, -0.15) is 0 Å². The fourth-order valence-electron chi connectivity index (χ4n) is 1.18. The lowest BCUT2D eigenvalue weighted by Gasteiger charge is -2.12. The van der Waals surface area contributed by atoms with Crippen LogP contribution in [0.3, 0.4) is 0 Å². The molecule has 0 radical (unpaired) electrons. The Morgan fingerprint density at radius 3 is 2.27 bits per heavy atom. The normalized spacial score (nSPS) is 12.0. The zero-order chi connectivity index (χ0) is 11.3. The van der Waals surface area contributed by atoms with Crippen LogP contribution in [0.4, 0.5) is 0 Å². The lowest BCUT2D eigenvalue weighted by Crippen LogP contribution is -2.32. The molecule has 0 spiro atoms. The number of benzene rings is 1. The summed E-state index contributed by atoms with van der Waals surface area (Å²) in [5.74, 6) is -2.18. The fourth-order valence-corrected chi connectivity index (χ4v) is 1.18. The highest BCUT2D eigenvalue weighted by Crippen LogP contribution is 2.11. The van der Waals surface area contributed by atoms with E-state index in [1.807, 2.05) is 0 Å². The SMILES string of the molecule is O=C(O)CNC(C(=O)O)c1ccccc1. The molecule has 0 saturated carbocycles. The van der Waals surface area contributed by atoms with Gasteiger partial charge in [-0.15, -0.1) is 0 Å². The van der Waals surface area contributed by atoms with E-state index in [0.717, 1.165) is 0 Å². The predicted molar refractivity (Wildman–Crippen MR) is 52.5 cm³/mol. The van der Waals surface area contributed by atoms with Gasteiger partial charge in [0.15, 0.2) is 0 Å². The molecule has 1 aromatic rings. The second kappa shape index (κ2) is 5.11. The van der Waals surface area contributed by atoms with Crippen molar-refractivity contribution in [2.45, 2.75) is 6.04 Å². The van der Waals surface area contributed by atoms with E-state index in [0.29, 0.717) is 5.56 Å². The minimum Gasteiger partial charge on any atom is -0.480 e. The number of hydrogen-bond acceptors (Lipinski definition) is 3. The maximum Gasteiger partial charge on any atom is 0.325 e. The molecular weight excluding hydrogens is 198 g/mol. The van der Waals surface area contributed by atoms with Gasteiger partial charge in [0.25, 0.3) is 0 Å². The van der Waals surface area contributed by atoms with Gasteiger partial charge < -0.3 is 10.2 Å². The van der Waals surface area contributed by atoms with E-state index in [-0.39, 0.29) is 6.54 Å². The predicted octanol–water partition coefficient (Wildman–Crippen LogP) is 0.486. The minimum absolute atomic E-state index is 0.383. The Labute approximate surface area is 86.4 Å². The summed E-state index contributed by atoms with van der Waals surface area (Å²) in [5.41, 5.74) is 0.534. The van der Waals surface area contributed by atoms with Crippen molar-refractivity contribution in [2.24, 2.45) is 0 Å². The number of aliphatic carboxylic acids is 2. The van der Waals surface area contributed by atoms with Gasteiger partial charge in [0.1, 0.15) is 6.04 Å². The van der Waals surface area contributed by atoms with Gasteiger partial charge in [-0.3, -0.25) is 14.9 Å². The fraction of sp³-hybridized carbons (Fsp3) is 0.200. The Hall–Kier alpha value is -1.88. The number of rotatable bonds is 5. The molecule has 0 amide bonds. The zero-order valence-corrected chi connectivity index (χ0v) is 7.88. The number of hydrogen-bond donors (Lipinski definition) is 3. The third kappa shape index (κ3) is 3.40. The van der Waals surface area contributed by atoms with Crippen LogP contribution in [0.15, 0.2) is 30.3 Å². The van der Waals surface area contributed by atoms with E-state index in [1.54, 1.807) is 30.3 Å². The van der Waals surface area contributed by atoms with E-state index < -0.39 is 18.0 Å². The largest absolute Gasteiger partial charge is 0.480 e. The summed E-state index contributed by atoms with van der Waals surface area (Å²) < 4.78 is 0. The molecule has 3 N–H and O–H groups in total. The molecule has 0 fully saturated rings. The Bertz CT molecular complexity index is 350. The number of carbonyl (C=O) groups is 2. The van der Waals surface area contributed by atoms with Crippen LogP contribution < -0.4 is 5.32 Å². The summed E-state index contributed by atoms with van der Waals surface area (Å²) in [7, 11) is 0. The second-order valence-corrected chi connectivity index (χ2v) is 2.96. The molecule has 0 bridgehead atoms. The maximum absolute atomic E-state index is 10.9. The third-order valence-corrected chi connectivity index (χ3v) is 1.84. The number of nitrogens with one attached hydrogen (secondary N) is 1. The molecule has 0 aliphatic rings. The van der Waals surface area contributed by atoms with Crippen molar-refractivity contribution in [3.63, 3.8) is 0 Å².